The van der Waals surface area contributed by atoms with Crippen LogP contribution in [0.1, 0.15) is 18.7 Å². The van der Waals surface area contributed by atoms with Gasteiger partial charge < -0.3 is 76.1 Å². The van der Waals surface area contributed by atoms with E-state index in [1.54, 1.807) is 0 Å². The van der Waals surface area contributed by atoms with Crippen molar-refractivity contribution in [1.82, 2.24) is 53.6 Å². The number of anilines is 3. The average Bonchev–Trinajstić information content (AvgIpc) is 4.23. The van der Waals surface area contributed by atoms with Gasteiger partial charge in [-0.05, 0) is 0 Å². The van der Waals surface area contributed by atoms with Gasteiger partial charge >= 0.3 is 36.9 Å². The SMILES string of the molecule is Cn1c[n+]([C@@H]2O[C@H](COP(=O)(O)OP(=O)(O)OP(=O)(O)OC[C@@]34COC([C@H](n5cnc6c(N)ncnc65)O3)[C@H]4OP(=O)(O)OC[C@H]3O[C@@H](n4cnc5c(=O)[nH]c(N)nc54)C(O)[C@H]3O)[C@H](O)C2O)c2nc(N)[nH]c(=O)c21. The third kappa shape index (κ3) is 9.95. The molecule has 16 N–H and O–H groups in total. The highest BCUT2D eigenvalue weighted by molar-refractivity contribution is 7.66. The molecule has 0 radical (unpaired) electrons. The van der Waals surface area contributed by atoms with Crippen LogP contribution < -0.4 is 32.9 Å². The van der Waals surface area contributed by atoms with Crippen LogP contribution in [0.5, 0.6) is 0 Å². The molecule has 408 valence electrons. The Morgan fingerprint density at radius 2 is 1.36 bits per heavy atom. The standard InChI is InChI=1S/C32H41N15O24P4/c1-44-9-47(24-14(44)26(53)43-31(35)41-24)28-18(51)16(49)11(67-28)3-64-73(56,57)70-75(60,61)71-74(58,59)65-5-32-4-62-19(29(68-32)45-7-38-12-21(33)36-6-37-22(12)45)20(32)69-72(54,55)63-2-10-15(48)17(50)27(66-10)46-8-39-13-23(46)40-30(34)42-25(13)52/h6-11,15-20,27-29,48-51H,2-5H2,1H3,(H11-,33,34,35,36,37,40,41,42,43,52,53,54,55,56,57,58,59,60,61)/p+1/t10-,11-,15+,16+,17?,18?,19?,20-,27-,28-,29-,32-/m1/s1. The van der Waals surface area contributed by atoms with Gasteiger partial charge in [0.25, 0.3) is 17.1 Å². The van der Waals surface area contributed by atoms with E-state index in [-0.39, 0.29) is 51.2 Å². The van der Waals surface area contributed by atoms with Crippen molar-refractivity contribution in [3.63, 3.8) is 0 Å². The van der Waals surface area contributed by atoms with Crippen molar-refractivity contribution in [2.24, 2.45) is 7.05 Å². The molecule has 4 aliphatic heterocycles. The van der Waals surface area contributed by atoms with Crippen LogP contribution in [0, 0.1) is 0 Å². The topological polar surface area (TPSA) is 562 Å². The predicted molar refractivity (Wildman–Crippen MR) is 237 cm³/mol. The summed E-state index contributed by atoms with van der Waals surface area (Å²) in [6.45, 7) is -4.08. The van der Waals surface area contributed by atoms with E-state index in [9.17, 15) is 67.8 Å². The number of ether oxygens (including phenoxy) is 4. The van der Waals surface area contributed by atoms with Gasteiger partial charge in [0.1, 0.15) is 66.3 Å². The molecule has 6 aromatic heterocycles. The molecule has 4 fully saturated rings. The molecule has 43 heteroatoms. The number of nitrogens with two attached hydrogens (primary N) is 3. The molecule has 0 spiro atoms. The summed E-state index contributed by atoms with van der Waals surface area (Å²) in [6.07, 6.45) is -13.8. The number of phosphoric ester groups is 3. The number of aromatic nitrogens is 12. The summed E-state index contributed by atoms with van der Waals surface area (Å²) >= 11 is 0. The summed E-state index contributed by atoms with van der Waals surface area (Å²) in [5, 5.41) is 43.2. The first kappa shape index (κ1) is 53.3. The minimum atomic E-state index is -6.21. The molecule has 6 aromatic rings. The Hall–Kier alpha value is -5.15. The Labute approximate surface area is 413 Å². The number of phosphoric acid groups is 4. The molecule has 0 amide bonds. The number of fused-ring (bicyclic) bond motifs is 5. The fourth-order valence-corrected chi connectivity index (χ4v) is 13.3. The number of nitrogens with one attached hydrogen (secondary N) is 2. The molecule has 4 saturated heterocycles. The number of aliphatic hydroxyl groups is 4. The Bertz CT molecular complexity index is 3540. The molecule has 75 heavy (non-hydrogen) atoms. The van der Waals surface area contributed by atoms with Gasteiger partial charge in [-0.3, -0.25) is 51.4 Å². The van der Waals surface area contributed by atoms with Crippen LogP contribution in [0.4, 0.5) is 17.7 Å². The normalized spacial score (nSPS) is 32.0. The minimum absolute atomic E-state index is 0.0230. The van der Waals surface area contributed by atoms with Crippen LogP contribution in [0.2, 0.25) is 0 Å². The number of rotatable bonds is 18. The summed E-state index contributed by atoms with van der Waals surface area (Å²) in [5.41, 5.74) is 13.2. The second-order valence-electron chi connectivity index (χ2n) is 17.0. The van der Waals surface area contributed by atoms with E-state index in [1.807, 2.05) is 0 Å². The van der Waals surface area contributed by atoms with Crippen LogP contribution in [-0.4, -0.2) is 174 Å². The summed E-state index contributed by atoms with van der Waals surface area (Å²) in [6, 6.07) is 0. The molecule has 4 aliphatic rings. The third-order valence-corrected chi connectivity index (χ3v) is 17.2. The molecular formula is C32H42N15O24P4+. The molecule has 39 nitrogen and oxygen atoms in total. The lowest BCUT2D eigenvalue weighted by Crippen LogP contribution is -2.46. The molecule has 0 aromatic carbocycles. The molecular weight excluding hydrogens is 1100 g/mol. The van der Waals surface area contributed by atoms with E-state index in [4.69, 9.17) is 54.2 Å². The van der Waals surface area contributed by atoms with Gasteiger partial charge in [0.2, 0.25) is 17.7 Å². The lowest BCUT2D eigenvalue weighted by molar-refractivity contribution is -0.745. The summed E-state index contributed by atoms with van der Waals surface area (Å²) in [7, 11) is -22.0. The minimum Gasteiger partial charge on any atom is -0.387 e. The lowest BCUT2D eigenvalue weighted by atomic mass is 10.0. The average molecular weight is 1140 g/mol. The van der Waals surface area contributed by atoms with Gasteiger partial charge in [-0.15, -0.1) is 0 Å². The fourth-order valence-electron chi connectivity index (χ4n) is 8.73. The second-order valence-corrected chi connectivity index (χ2v) is 23.0. The molecule has 2 bridgehead atoms. The number of hydrogen-bond donors (Lipinski definition) is 13. The molecule has 10 heterocycles. The monoisotopic (exact) mass is 1140 g/mol. The van der Waals surface area contributed by atoms with Crippen molar-refractivity contribution in [1.29, 1.82) is 0 Å². The highest BCUT2D eigenvalue weighted by atomic mass is 31.3. The van der Waals surface area contributed by atoms with Crippen LogP contribution in [-0.2, 0) is 71.0 Å². The lowest BCUT2D eigenvalue weighted by Gasteiger charge is -2.32. The Morgan fingerprint density at radius 3 is 2.08 bits per heavy atom. The van der Waals surface area contributed by atoms with E-state index in [0.29, 0.717) is 0 Å². The summed E-state index contributed by atoms with van der Waals surface area (Å²) in [4.78, 5) is 95.9. The number of aryl methyl sites for hydroxylation is 1. The quantitative estimate of drug-likeness (QED) is 0.0283. The smallest absolute Gasteiger partial charge is 0.387 e. The van der Waals surface area contributed by atoms with Gasteiger partial charge in [-0.2, -0.15) is 13.6 Å². The zero-order valence-electron chi connectivity index (χ0n) is 37.6. The summed E-state index contributed by atoms with van der Waals surface area (Å²) in [5.74, 6) is -0.703. The Morgan fingerprint density at radius 1 is 0.747 bits per heavy atom. The zero-order valence-corrected chi connectivity index (χ0v) is 41.2. The van der Waals surface area contributed by atoms with Crippen molar-refractivity contribution in [3.05, 3.63) is 46.0 Å². The Kier molecular flexibility index (Phi) is 13.6. The molecule has 0 aliphatic carbocycles. The number of nitrogen functional groups attached to an aromatic ring is 3. The molecule has 7 unspecified atom stereocenters. The number of H-pyrrole nitrogens is 2. The number of imidazole rings is 3. The first-order valence-electron chi connectivity index (χ1n) is 21.3. The number of aliphatic hydroxyl groups excluding tert-OH is 4. The predicted octanol–water partition coefficient (Wildman–Crippen LogP) is -4.96. The number of aromatic amines is 2. The van der Waals surface area contributed by atoms with Crippen LogP contribution in [0.3, 0.4) is 0 Å². The number of nitrogens with zero attached hydrogens (tertiary/aromatic N) is 10. The van der Waals surface area contributed by atoms with Crippen molar-refractivity contribution in [2.45, 2.75) is 73.1 Å². The van der Waals surface area contributed by atoms with Crippen molar-refractivity contribution < 1.29 is 108 Å². The van der Waals surface area contributed by atoms with Crippen LogP contribution in [0.25, 0.3) is 33.5 Å². The van der Waals surface area contributed by atoms with Crippen LogP contribution in [0.15, 0.2) is 34.9 Å². The van der Waals surface area contributed by atoms with Crippen molar-refractivity contribution in [2.75, 3.05) is 43.6 Å². The zero-order chi connectivity index (χ0) is 53.9. The molecule has 10 rings (SSSR count). The fraction of sp³-hybridized carbons (Fsp3) is 0.531. The van der Waals surface area contributed by atoms with E-state index in [1.165, 1.54) is 22.5 Å². The maximum absolute atomic E-state index is 13.7. The first-order chi connectivity index (χ1) is 35.2. The van der Waals surface area contributed by atoms with Gasteiger partial charge in [0.05, 0.1) is 46.1 Å². The van der Waals surface area contributed by atoms with Gasteiger partial charge in [0.15, 0.2) is 41.4 Å². The largest absolute Gasteiger partial charge is 0.490 e. The van der Waals surface area contributed by atoms with E-state index >= 15 is 0 Å². The second kappa shape index (κ2) is 19.1. The maximum atomic E-state index is 13.7. The van der Waals surface area contributed by atoms with Gasteiger partial charge in [-0.1, -0.05) is 4.98 Å². The number of hydrogen-bond acceptors (Lipinski definition) is 29. The highest BCUT2D eigenvalue weighted by Gasteiger charge is 2.66. The van der Waals surface area contributed by atoms with Gasteiger partial charge in [0, 0.05) is 0 Å². The molecule has 0 saturated carbocycles. The van der Waals surface area contributed by atoms with Crippen molar-refractivity contribution in [3.8, 4) is 0 Å². The highest BCUT2D eigenvalue weighted by Crippen LogP contribution is 2.68. The molecule has 16 atom stereocenters. The van der Waals surface area contributed by atoms with E-state index < -0.39 is 142 Å². The third-order valence-electron chi connectivity index (χ3n) is 12.0. The Balaban J connectivity index is 0.809. The maximum Gasteiger partial charge on any atom is 0.490 e. The first-order valence-corrected chi connectivity index (χ1v) is 27.2. The van der Waals surface area contributed by atoms with E-state index in [0.717, 1.165) is 28.1 Å². The van der Waals surface area contributed by atoms with Crippen molar-refractivity contribution >= 4 is 82.5 Å². The summed E-state index contributed by atoms with van der Waals surface area (Å²) < 4.78 is 110. The van der Waals surface area contributed by atoms with E-state index in [2.05, 4.69) is 48.5 Å². The van der Waals surface area contributed by atoms with Crippen LogP contribution >= 0.6 is 31.3 Å². The van der Waals surface area contributed by atoms with Gasteiger partial charge in [-0.25, -0.2) is 42.8 Å².